The van der Waals surface area contributed by atoms with Crippen molar-refractivity contribution in [3.63, 3.8) is 0 Å². The molecule has 2 heterocycles. The number of hydrogen-bond acceptors (Lipinski definition) is 6. The zero-order valence-electron chi connectivity index (χ0n) is 18.3. The first kappa shape index (κ1) is 22.3. The molecule has 1 fully saturated rings. The third kappa shape index (κ3) is 4.23. The number of likely N-dealkylation sites (tertiary alicyclic amines) is 1. The molecule has 0 aromatic heterocycles. The number of nitrogens with one attached hydrogen (secondary N) is 1. The lowest BCUT2D eigenvalue weighted by atomic mass is 9.73. The van der Waals surface area contributed by atoms with Crippen molar-refractivity contribution in [2.45, 2.75) is 30.4 Å². The number of hydrogen-bond donors (Lipinski definition) is 1. The number of anilines is 1. The molecule has 8 heteroatoms. The normalized spacial score (nSPS) is 18.6. The SMILES string of the molecule is CC(c1ccc(OCCN2CCC3(CC2)C(=O)Nc2ccc(C#N)cc23)cc1)S(C)(=O)=O. The molecule has 1 atom stereocenters. The lowest BCUT2D eigenvalue weighted by Crippen LogP contribution is -2.47. The molecule has 7 nitrogen and oxygen atoms in total. The molecule has 2 aliphatic rings. The molecule has 1 amide bonds. The zero-order valence-corrected chi connectivity index (χ0v) is 19.1. The van der Waals surface area contributed by atoms with Gasteiger partial charge in [0.05, 0.1) is 22.3 Å². The van der Waals surface area contributed by atoms with Gasteiger partial charge in [0.2, 0.25) is 5.91 Å². The van der Waals surface area contributed by atoms with Gasteiger partial charge in [-0.25, -0.2) is 8.42 Å². The summed E-state index contributed by atoms with van der Waals surface area (Å²) in [5, 5.41) is 11.7. The maximum atomic E-state index is 12.8. The highest BCUT2D eigenvalue weighted by molar-refractivity contribution is 7.90. The summed E-state index contributed by atoms with van der Waals surface area (Å²) in [7, 11) is -3.13. The molecule has 1 N–H and O–H groups in total. The van der Waals surface area contributed by atoms with E-state index in [1.165, 1.54) is 6.26 Å². The molecule has 2 aromatic carbocycles. The lowest BCUT2D eigenvalue weighted by Gasteiger charge is -2.37. The Morgan fingerprint density at radius 1 is 1.19 bits per heavy atom. The first-order chi connectivity index (χ1) is 15.2. The van der Waals surface area contributed by atoms with Crippen molar-refractivity contribution in [2.24, 2.45) is 0 Å². The molecule has 32 heavy (non-hydrogen) atoms. The van der Waals surface area contributed by atoms with Crippen LogP contribution >= 0.6 is 0 Å². The number of nitrogens with zero attached hydrogens (tertiary/aromatic N) is 2. The number of carbonyl (C=O) groups excluding carboxylic acids is 1. The number of benzene rings is 2. The van der Waals surface area contributed by atoms with Crippen molar-refractivity contribution in [3.05, 3.63) is 59.2 Å². The fourth-order valence-corrected chi connectivity index (χ4v) is 5.16. The molecule has 168 valence electrons. The Hall–Kier alpha value is -2.89. The van der Waals surface area contributed by atoms with Gasteiger partial charge in [-0.3, -0.25) is 9.69 Å². The van der Waals surface area contributed by atoms with Gasteiger partial charge in [0.15, 0.2) is 9.84 Å². The first-order valence-electron chi connectivity index (χ1n) is 10.7. The summed E-state index contributed by atoms with van der Waals surface area (Å²) in [6.07, 6.45) is 2.65. The van der Waals surface area contributed by atoms with Crippen LogP contribution in [0.3, 0.4) is 0 Å². The summed E-state index contributed by atoms with van der Waals surface area (Å²) < 4.78 is 29.3. The molecular formula is C24H27N3O4S. The van der Waals surface area contributed by atoms with Crippen molar-refractivity contribution >= 4 is 21.4 Å². The Labute approximate surface area is 188 Å². The Morgan fingerprint density at radius 2 is 1.88 bits per heavy atom. The van der Waals surface area contributed by atoms with Crippen LogP contribution in [-0.4, -0.2) is 51.7 Å². The summed E-state index contributed by atoms with van der Waals surface area (Å²) in [5.74, 6) is 0.734. The van der Waals surface area contributed by atoms with Gasteiger partial charge in [0.25, 0.3) is 0 Å². The van der Waals surface area contributed by atoms with E-state index in [0.717, 1.165) is 36.4 Å². The second-order valence-electron chi connectivity index (χ2n) is 8.64. The van der Waals surface area contributed by atoms with Crippen LogP contribution in [0.2, 0.25) is 0 Å². The van der Waals surface area contributed by atoms with E-state index >= 15 is 0 Å². The second kappa shape index (κ2) is 8.57. The number of carbonyl (C=O) groups is 1. The number of amides is 1. The van der Waals surface area contributed by atoms with Crippen LogP contribution in [0.5, 0.6) is 5.75 Å². The molecule has 0 aliphatic carbocycles. The predicted molar refractivity (Wildman–Crippen MR) is 122 cm³/mol. The van der Waals surface area contributed by atoms with Crippen molar-refractivity contribution in [3.8, 4) is 11.8 Å². The summed E-state index contributed by atoms with van der Waals surface area (Å²) >= 11 is 0. The van der Waals surface area contributed by atoms with E-state index < -0.39 is 20.5 Å². The fourth-order valence-electron chi connectivity index (χ4n) is 4.51. The third-order valence-corrected chi connectivity index (χ3v) is 8.28. The lowest BCUT2D eigenvalue weighted by molar-refractivity contribution is -0.122. The van der Waals surface area contributed by atoms with Crippen molar-refractivity contribution in [1.29, 1.82) is 5.26 Å². The highest BCUT2D eigenvalue weighted by Crippen LogP contribution is 2.45. The summed E-state index contributed by atoms with van der Waals surface area (Å²) in [6, 6.07) is 14.8. The Kier molecular flexibility index (Phi) is 5.97. The minimum atomic E-state index is -3.13. The van der Waals surface area contributed by atoms with Gasteiger partial charge in [-0.15, -0.1) is 0 Å². The minimum Gasteiger partial charge on any atom is -0.492 e. The van der Waals surface area contributed by atoms with E-state index in [1.54, 1.807) is 37.3 Å². The molecule has 4 rings (SSSR count). The van der Waals surface area contributed by atoms with Crippen LogP contribution in [0.4, 0.5) is 5.69 Å². The smallest absolute Gasteiger partial charge is 0.235 e. The Morgan fingerprint density at radius 3 is 2.50 bits per heavy atom. The van der Waals surface area contributed by atoms with Crippen molar-refractivity contribution in [2.75, 3.05) is 37.8 Å². The second-order valence-corrected chi connectivity index (χ2v) is 11.0. The number of sulfone groups is 1. The number of rotatable bonds is 6. The van der Waals surface area contributed by atoms with Gasteiger partial charge in [0.1, 0.15) is 12.4 Å². The monoisotopic (exact) mass is 453 g/mol. The quantitative estimate of drug-likeness (QED) is 0.722. The number of ether oxygens (including phenoxy) is 1. The summed E-state index contributed by atoms with van der Waals surface area (Å²) in [4.78, 5) is 15.1. The molecule has 0 radical (unpaired) electrons. The van der Waals surface area contributed by atoms with Gasteiger partial charge in [-0.1, -0.05) is 12.1 Å². The molecule has 1 saturated heterocycles. The number of nitriles is 1. The van der Waals surface area contributed by atoms with Crippen LogP contribution in [0.15, 0.2) is 42.5 Å². The summed E-state index contributed by atoms with van der Waals surface area (Å²) in [5.41, 5.74) is 2.54. The van der Waals surface area contributed by atoms with Crippen LogP contribution in [-0.2, 0) is 20.0 Å². The van der Waals surface area contributed by atoms with E-state index in [2.05, 4.69) is 16.3 Å². The molecule has 2 aliphatic heterocycles. The van der Waals surface area contributed by atoms with Crippen molar-refractivity contribution in [1.82, 2.24) is 4.90 Å². The topological polar surface area (TPSA) is 99.5 Å². The van der Waals surface area contributed by atoms with Gasteiger partial charge >= 0.3 is 0 Å². The van der Waals surface area contributed by atoms with Crippen molar-refractivity contribution < 1.29 is 17.9 Å². The van der Waals surface area contributed by atoms with Crippen LogP contribution in [0.25, 0.3) is 0 Å². The maximum Gasteiger partial charge on any atom is 0.235 e. The minimum absolute atomic E-state index is 0.0295. The average Bonchev–Trinajstić information content (AvgIpc) is 3.05. The van der Waals surface area contributed by atoms with E-state index in [9.17, 15) is 18.5 Å². The predicted octanol–water partition coefficient (Wildman–Crippen LogP) is 3.03. The van der Waals surface area contributed by atoms with E-state index in [-0.39, 0.29) is 5.91 Å². The number of piperidine rings is 1. The summed E-state index contributed by atoms with van der Waals surface area (Å²) in [6.45, 7) is 4.48. The van der Waals surface area contributed by atoms with E-state index in [0.29, 0.717) is 30.8 Å². The molecule has 2 aromatic rings. The first-order valence-corrected chi connectivity index (χ1v) is 12.7. The molecule has 1 spiro atoms. The standard InChI is InChI=1S/C24H27N3O4S/c1-17(32(2,29)30)19-4-6-20(7-5-19)31-14-13-27-11-9-24(10-12-27)21-15-18(16-25)3-8-22(21)26-23(24)28/h3-8,15,17H,9-14H2,1-2H3,(H,26,28). The van der Waals surface area contributed by atoms with Gasteiger partial charge in [-0.2, -0.15) is 5.26 Å². The highest BCUT2D eigenvalue weighted by atomic mass is 32.2. The Bertz CT molecular complexity index is 1160. The third-order valence-electron chi connectivity index (χ3n) is 6.72. The molecular weight excluding hydrogens is 426 g/mol. The average molecular weight is 454 g/mol. The van der Waals surface area contributed by atoms with Gasteiger partial charge in [-0.05, 0) is 74.3 Å². The Balaban J connectivity index is 1.31. The van der Waals surface area contributed by atoms with Gasteiger partial charge < -0.3 is 10.1 Å². The van der Waals surface area contributed by atoms with Crippen LogP contribution in [0.1, 0.15) is 41.7 Å². The van der Waals surface area contributed by atoms with Gasteiger partial charge in [0, 0.05) is 18.5 Å². The van der Waals surface area contributed by atoms with Crippen LogP contribution < -0.4 is 10.1 Å². The number of fused-ring (bicyclic) bond motifs is 2. The zero-order chi connectivity index (χ0) is 22.9. The molecule has 0 saturated carbocycles. The molecule has 0 bridgehead atoms. The van der Waals surface area contributed by atoms with Crippen LogP contribution in [0, 0.1) is 11.3 Å². The van der Waals surface area contributed by atoms with E-state index in [1.807, 2.05) is 12.1 Å². The maximum absolute atomic E-state index is 12.8. The molecule has 1 unspecified atom stereocenters. The fraction of sp³-hybridized carbons (Fsp3) is 0.417. The van der Waals surface area contributed by atoms with E-state index in [4.69, 9.17) is 4.74 Å². The largest absolute Gasteiger partial charge is 0.492 e. The highest BCUT2D eigenvalue weighted by Gasteiger charge is 2.48.